The number of ether oxygens (including phenoxy) is 2. The third-order valence-electron chi connectivity index (χ3n) is 5.88. The van der Waals surface area contributed by atoms with E-state index in [2.05, 4.69) is 10.6 Å². The van der Waals surface area contributed by atoms with E-state index < -0.39 is 6.23 Å². The summed E-state index contributed by atoms with van der Waals surface area (Å²) in [6.45, 7) is 3.08. The van der Waals surface area contributed by atoms with E-state index in [1.165, 1.54) is 5.56 Å². The molecule has 0 aromatic heterocycles. The van der Waals surface area contributed by atoms with E-state index in [9.17, 15) is 9.90 Å². The molecule has 3 aliphatic rings. The first-order chi connectivity index (χ1) is 14.4. The molecular formula is C23H27ClN2O4. The molecule has 2 aromatic carbocycles. The molecular weight excluding hydrogens is 404 g/mol. The van der Waals surface area contributed by atoms with Gasteiger partial charge in [-0.3, -0.25) is 10.1 Å². The predicted molar refractivity (Wildman–Crippen MR) is 115 cm³/mol. The van der Waals surface area contributed by atoms with Gasteiger partial charge in [0.1, 0.15) is 30.9 Å². The first-order valence-corrected chi connectivity index (χ1v) is 10.6. The second-order valence-electron chi connectivity index (χ2n) is 8.43. The molecule has 3 aliphatic carbocycles. The molecule has 6 nitrogen and oxygen atoms in total. The van der Waals surface area contributed by atoms with Crippen LogP contribution in [0.4, 0.5) is 0 Å². The third kappa shape index (κ3) is 4.56. The van der Waals surface area contributed by atoms with Gasteiger partial charge in [-0.05, 0) is 62.6 Å². The SMILES string of the molecule is Cc1ccc(OCCNC(=O)C23CC(NC(O)COc4ccc(Cl)cc4)(C2)C3)cc1. The molecule has 1 unspecified atom stereocenters. The number of aryl methyl sites for hydroxylation is 1. The molecule has 2 bridgehead atoms. The Kier molecular flexibility index (Phi) is 5.91. The van der Waals surface area contributed by atoms with Crippen molar-refractivity contribution in [3.63, 3.8) is 0 Å². The molecule has 0 radical (unpaired) electrons. The maximum atomic E-state index is 12.5. The molecule has 1 amide bonds. The molecule has 30 heavy (non-hydrogen) atoms. The summed E-state index contributed by atoms with van der Waals surface area (Å²) >= 11 is 5.85. The maximum absolute atomic E-state index is 12.5. The van der Waals surface area contributed by atoms with Crippen LogP contribution >= 0.6 is 11.6 Å². The Morgan fingerprint density at radius 3 is 2.33 bits per heavy atom. The monoisotopic (exact) mass is 430 g/mol. The zero-order valence-electron chi connectivity index (χ0n) is 17.0. The van der Waals surface area contributed by atoms with Gasteiger partial charge in [0, 0.05) is 10.6 Å². The van der Waals surface area contributed by atoms with E-state index >= 15 is 0 Å². The first kappa shape index (κ1) is 21.0. The van der Waals surface area contributed by atoms with Crippen LogP contribution in [0.15, 0.2) is 48.5 Å². The minimum Gasteiger partial charge on any atom is -0.492 e. The zero-order chi connectivity index (χ0) is 21.2. The topological polar surface area (TPSA) is 79.8 Å². The number of benzene rings is 2. The zero-order valence-corrected chi connectivity index (χ0v) is 17.7. The first-order valence-electron chi connectivity index (χ1n) is 10.2. The van der Waals surface area contributed by atoms with Gasteiger partial charge >= 0.3 is 0 Å². The summed E-state index contributed by atoms with van der Waals surface area (Å²) in [5, 5.41) is 17.1. The van der Waals surface area contributed by atoms with Gasteiger partial charge in [-0.1, -0.05) is 29.3 Å². The largest absolute Gasteiger partial charge is 0.492 e. The number of aliphatic hydroxyl groups is 1. The summed E-state index contributed by atoms with van der Waals surface area (Å²) in [4.78, 5) is 12.5. The Bertz CT molecular complexity index is 865. The molecule has 3 fully saturated rings. The van der Waals surface area contributed by atoms with Crippen molar-refractivity contribution in [2.75, 3.05) is 19.8 Å². The average molecular weight is 431 g/mol. The summed E-state index contributed by atoms with van der Waals surface area (Å²) in [7, 11) is 0. The summed E-state index contributed by atoms with van der Waals surface area (Å²) in [6, 6.07) is 14.9. The van der Waals surface area contributed by atoms with Gasteiger partial charge < -0.3 is 19.9 Å². The Morgan fingerprint density at radius 1 is 1.07 bits per heavy atom. The number of nitrogens with one attached hydrogen (secondary N) is 2. The van der Waals surface area contributed by atoms with Crippen LogP contribution in [-0.4, -0.2) is 42.5 Å². The lowest BCUT2D eigenvalue weighted by Gasteiger charge is -2.69. The van der Waals surface area contributed by atoms with Crippen LogP contribution in [0, 0.1) is 12.3 Å². The highest BCUT2D eigenvalue weighted by molar-refractivity contribution is 6.30. The fraction of sp³-hybridized carbons (Fsp3) is 0.435. The van der Waals surface area contributed by atoms with Gasteiger partial charge in [-0.2, -0.15) is 0 Å². The minimum atomic E-state index is -0.787. The fourth-order valence-electron chi connectivity index (χ4n) is 4.44. The smallest absolute Gasteiger partial charge is 0.226 e. The lowest BCUT2D eigenvalue weighted by molar-refractivity contribution is -0.190. The molecule has 0 spiro atoms. The van der Waals surface area contributed by atoms with Crippen LogP contribution in [0.2, 0.25) is 5.02 Å². The molecule has 160 valence electrons. The molecule has 1 atom stereocenters. The standard InChI is InChI=1S/C23H27ClN2O4/c1-16-2-6-18(7-3-16)29-11-10-25-21(28)22-13-23(14-22,15-22)26-20(27)12-30-19-8-4-17(24)5-9-19/h2-9,20,26-27H,10-15H2,1H3,(H,25,28). The van der Waals surface area contributed by atoms with Gasteiger partial charge in [0.15, 0.2) is 0 Å². The molecule has 7 heteroatoms. The van der Waals surface area contributed by atoms with Crippen LogP contribution in [0.5, 0.6) is 11.5 Å². The number of carbonyl (C=O) groups is 1. The van der Waals surface area contributed by atoms with Gasteiger partial charge in [0.2, 0.25) is 5.91 Å². The third-order valence-corrected chi connectivity index (χ3v) is 6.14. The van der Waals surface area contributed by atoms with E-state index in [0.717, 1.165) is 25.0 Å². The summed E-state index contributed by atoms with van der Waals surface area (Å²) in [6.07, 6.45) is 1.43. The minimum absolute atomic E-state index is 0.0746. The van der Waals surface area contributed by atoms with Crippen molar-refractivity contribution in [1.29, 1.82) is 0 Å². The van der Waals surface area contributed by atoms with E-state index in [0.29, 0.717) is 23.9 Å². The van der Waals surface area contributed by atoms with Crippen molar-refractivity contribution in [1.82, 2.24) is 10.6 Å². The van der Waals surface area contributed by atoms with Crippen molar-refractivity contribution in [3.05, 3.63) is 59.1 Å². The molecule has 3 N–H and O–H groups in total. The van der Waals surface area contributed by atoms with Gasteiger partial charge in [-0.25, -0.2) is 0 Å². The molecule has 2 aromatic rings. The average Bonchev–Trinajstić information content (AvgIpc) is 2.67. The maximum Gasteiger partial charge on any atom is 0.226 e. The molecule has 0 saturated heterocycles. The Hall–Kier alpha value is -2.28. The number of amides is 1. The lowest BCUT2D eigenvalue weighted by atomic mass is 9.39. The second kappa shape index (κ2) is 8.46. The highest BCUT2D eigenvalue weighted by Gasteiger charge is 2.71. The predicted octanol–water partition coefficient (Wildman–Crippen LogP) is 3.05. The molecule has 5 rings (SSSR count). The Labute approximate surface area is 181 Å². The van der Waals surface area contributed by atoms with E-state index in [-0.39, 0.29) is 23.5 Å². The summed E-state index contributed by atoms with van der Waals surface area (Å²) in [5.41, 5.74) is 0.732. The quantitative estimate of drug-likeness (QED) is 0.399. The van der Waals surface area contributed by atoms with Crippen LogP contribution < -0.4 is 20.1 Å². The van der Waals surface area contributed by atoms with Crippen LogP contribution in [-0.2, 0) is 4.79 Å². The highest BCUT2D eigenvalue weighted by Crippen LogP contribution is 2.67. The highest BCUT2D eigenvalue weighted by atomic mass is 35.5. The Morgan fingerprint density at radius 2 is 1.67 bits per heavy atom. The fourth-order valence-corrected chi connectivity index (χ4v) is 4.56. The van der Waals surface area contributed by atoms with Crippen molar-refractivity contribution in [2.45, 2.75) is 38.0 Å². The molecule has 3 saturated carbocycles. The van der Waals surface area contributed by atoms with Gasteiger partial charge in [0.25, 0.3) is 0 Å². The van der Waals surface area contributed by atoms with Crippen LogP contribution in [0.25, 0.3) is 0 Å². The normalized spacial score (nSPS) is 24.9. The van der Waals surface area contributed by atoms with E-state index in [4.69, 9.17) is 21.1 Å². The van der Waals surface area contributed by atoms with Crippen molar-refractivity contribution >= 4 is 17.5 Å². The number of halogens is 1. The number of rotatable bonds is 10. The van der Waals surface area contributed by atoms with Crippen molar-refractivity contribution < 1.29 is 19.4 Å². The van der Waals surface area contributed by atoms with Crippen LogP contribution in [0.1, 0.15) is 24.8 Å². The summed E-state index contributed by atoms with van der Waals surface area (Å²) in [5.74, 6) is 1.53. The Balaban J connectivity index is 1.13. The van der Waals surface area contributed by atoms with Crippen molar-refractivity contribution in [3.8, 4) is 11.5 Å². The summed E-state index contributed by atoms with van der Waals surface area (Å²) < 4.78 is 11.2. The van der Waals surface area contributed by atoms with Crippen LogP contribution in [0.3, 0.4) is 0 Å². The van der Waals surface area contributed by atoms with E-state index in [1.807, 2.05) is 31.2 Å². The number of carbonyl (C=O) groups excluding carboxylic acids is 1. The van der Waals surface area contributed by atoms with Crippen molar-refractivity contribution in [2.24, 2.45) is 5.41 Å². The molecule has 0 heterocycles. The number of aliphatic hydroxyl groups excluding tert-OH is 1. The van der Waals surface area contributed by atoms with Gasteiger partial charge in [-0.15, -0.1) is 0 Å². The lowest BCUT2D eigenvalue weighted by Crippen LogP contribution is -2.79. The number of hydrogen-bond acceptors (Lipinski definition) is 5. The second-order valence-corrected chi connectivity index (χ2v) is 8.87. The molecule has 0 aliphatic heterocycles. The van der Waals surface area contributed by atoms with Gasteiger partial charge in [0.05, 0.1) is 12.0 Å². The number of hydrogen-bond donors (Lipinski definition) is 3. The van der Waals surface area contributed by atoms with E-state index in [1.54, 1.807) is 24.3 Å².